The summed E-state index contributed by atoms with van der Waals surface area (Å²) in [6.07, 6.45) is 0.955. The Labute approximate surface area is 127 Å². The fraction of sp³-hybridized carbons (Fsp3) is 0.533. The zero-order chi connectivity index (χ0) is 16.4. The molecule has 0 aliphatic rings. The predicted molar refractivity (Wildman–Crippen MR) is 83.7 cm³/mol. The molecule has 0 aliphatic heterocycles. The smallest absolute Gasteiger partial charge is 0.251 e. The summed E-state index contributed by atoms with van der Waals surface area (Å²) in [5.74, 6) is 0.0639. The third kappa shape index (κ3) is 4.28. The number of hydrogen-bond donors (Lipinski definition) is 2. The van der Waals surface area contributed by atoms with Crippen molar-refractivity contribution in [2.75, 3.05) is 0 Å². The lowest BCUT2D eigenvalue weighted by molar-refractivity contribution is 0.0928. The van der Waals surface area contributed by atoms with Gasteiger partial charge in [-0.1, -0.05) is 20.3 Å². The van der Waals surface area contributed by atoms with Crippen molar-refractivity contribution in [1.29, 1.82) is 0 Å². The summed E-state index contributed by atoms with van der Waals surface area (Å²) in [7, 11) is -3.84. The number of primary sulfonamides is 1. The summed E-state index contributed by atoms with van der Waals surface area (Å²) in [5.41, 5.74) is 1.61. The van der Waals surface area contributed by atoms with Gasteiger partial charge in [0.05, 0.1) is 4.90 Å². The number of nitrogens with one attached hydrogen (secondary N) is 1. The van der Waals surface area contributed by atoms with Crippen LogP contribution < -0.4 is 10.5 Å². The quantitative estimate of drug-likeness (QED) is 0.872. The van der Waals surface area contributed by atoms with Crippen LogP contribution in [0.3, 0.4) is 0 Å². The Balaban J connectivity index is 3.15. The highest BCUT2D eigenvalue weighted by Crippen LogP contribution is 2.20. The van der Waals surface area contributed by atoms with E-state index >= 15 is 0 Å². The van der Waals surface area contributed by atoms with Gasteiger partial charge in [0, 0.05) is 11.6 Å². The highest BCUT2D eigenvalue weighted by molar-refractivity contribution is 7.89. The third-order valence-corrected chi connectivity index (χ3v) is 5.08. The second-order valence-corrected chi connectivity index (χ2v) is 7.14. The Hall–Kier alpha value is -1.40. The van der Waals surface area contributed by atoms with E-state index in [1.807, 2.05) is 6.92 Å². The maximum absolute atomic E-state index is 12.3. The fourth-order valence-electron chi connectivity index (χ4n) is 2.04. The highest BCUT2D eigenvalue weighted by atomic mass is 32.2. The van der Waals surface area contributed by atoms with Crippen LogP contribution in [0.2, 0.25) is 0 Å². The molecule has 0 spiro atoms. The number of aryl methyl sites for hydroxylation is 1. The summed E-state index contributed by atoms with van der Waals surface area (Å²) >= 11 is 0. The van der Waals surface area contributed by atoms with E-state index in [0.29, 0.717) is 17.0 Å². The monoisotopic (exact) mass is 312 g/mol. The van der Waals surface area contributed by atoms with E-state index in [4.69, 9.17) is 5.14 Å². The number of carbonyl (C=O) groups is 1. The lowest BCUT2D eigenvalue weighted by atomic mass is 10.00. The summed E-state index contributed by atoms with van der Waals surface area (Å²) in [4.78, 5) is 12.3. The second-order valence-electron chi connectivity index (χ2n) is 5.61. The lowest BCUT2D eigenvalue weighted by Gasteiger charge is -2.20. The Morgan fingerprint density at radius 2 is 1.86 bits per heavy atom. The lowest BCUT2D eigenvalue weighted by Crippen LogP contribution is -2.37. The van der Waals surface area contributed by atoms with Crippen molar-refractivity contribution >= 4 is 15.9 Å². The first-order chi connectivity index (χ1) is 9.57. The molecule has 1 aromatic rings. The molecule has 1 aromatic carbocycles. The van der Waals surface area contributed by atoms with E-state index in [0.717, 1.165) is 12.0 Å². The van der Waals surface area contributed by atoms with Crippen molar-refractivity contribution < 1.29 is 13.2 Å². The van der Waals surface area contributed by atoms with Crippen LogP contribution in [0.15, 0.2) is 17.0 Å². The van der Waals surface area contributed by atoms with E-state index in [1.165, 1.54) is 6.07 Å². The van der Waals surface area contributed by atoms with Gasteiger partial charge in [0.1, 0.15) is 0 Å². The summed E-state index contributed by atoms with van der Waals surface area (Å²) in [6.45, 7) is 9.49. The Bertz CT molecular complexity index is 639. The molecule has 1 rings (SSSR count). The standard InChI is InChI=1S/C15H24N2O3S/c1-6-9(2)12(5)17-15(18)13-7-10(3)11(4)14(8-13)21(16,19)20/h7-9,12H,6H2,1-5H3,(H,17,18)(H2,16,19,20)/t9-,12-/m1/s1. The van der Waals surface area contributed by atoms with Gasteiger partial charge in [-0.25, -0.2) is 13.6 Å². The minimum absolute atomic E-state index is 0.00356. The molecule has 0 aliphatic carbocycles. The maximum Gasteiger partial charge on any atom is 0.251 e. The van der Waals surface area contributed by atoms with Crippen LogP contribution >= 0.6 is 0 Å². The Morgan fingerprint density at radius 1 is 1.29 bits per heavy atom. The van der Waals surface area contributed by atoms with Crippen LogP contribution in [0.25, 0.3) is 0 Å². The van der Waals surface area contributed by atoms with E-state index in [-0.39, 0.29) is 16.8 Å². The number of sulfonamides is 1. The van der Waals surface area contributed by atoms with Gasteiger partial charge < -0.3 is 5.32 Å². The first kappa shape index (κ1) is 17.7. The van der Waals surface area contributed by atoms with Crippen molar-refractivity contribution in [1.82, 2.24) is 5.32 Å². The van der Waals surface area contributed by atoms with Crippen LogP contribution in [0, 0.1) is 19.8 Å². The molecule has 5 nitrogen and oxygen atoms in total. The molecule has 6 heteroatoms. The van der Waals surface area contributed by atoms with Gasteiger partial charge in [-0.15, -0.1) is 0 Å². The zero-order valence-electron chi connectivity index (χ0n) is 13.2. The molecular formula is C15H24N2O3S. The highest BCUT2D eigenvalue weighted by Gasteiger charge is 2.19. The Kier molecular flexibility index (Phi) is 5.53. The molecule has 2 atom stereocenters. The Morgan fingerprint density at radius 3 is 2.33 bits per heavy atom. The molecule has 0 saturated heterocycles. The first-order valence-corrected chi connectivity index (χ1v) is 8.57. The van der Waals surface area contributed by atoms with Crippen molar-refractivity contribution in [3.8, 4) is 0 Å². The van der Waals surface area contributed by atoms with Gasteiger partial charge in [0.15, 0.2) is 0 Å². The average Bonchev–Trinajstić information content (AvgIpc) is 2.38. The first-order valence-electron chi connectivity index (χ1n) is 7.02. The molecule has 3 N–H and O–H groups in total. The van der Waals surface area contributed by atoms with Crippen molar-refractivity contribution in [2.24, 2.45) is 11.1 Å². The predicted octanol–water partition coefficient (Wildman–Crippen LogP) is 2.12. The van der Waals surface area contributed by atoms with E-state index in [1.54, 1.807) is 19.9 Å². The molecule has 0 fully saturated rings. The molecular weight excluding hydrogens is 288 g/mol. The summed E-state index contributed by atoms with van der Waals surface area (Å²) in [6, 6.07) is 3.04. The molecule has 0 radical (unpaired) electrons. The number of hydrogen-bond acceptors (Lipinski definition) is 3. The van der Waals surface area contributed by atoms with E-state index in [2.05, 4.69) is 19.2 Å². The van der Waals surface area contributed by atoms with Crippen molar-refractivity contribution in [3.63, 3.8) is 0 Å². The van der Waals surface area contributed by atoms with Crippen LogP contribution in [0.4, 0.5) is 0 Å². The molecule has 118 valence electrons. The normalized spacial score (nSPS) is 14.6. The second kappa shape index (κ2) is 6.58. The summed E-state index contributed by atoms with van der Waals surface area (Å²) in [5, 5.41) is 8.10. The maximum atomic E-state index is 12.3. The SMILES string of the molecule is CC[C@@H](C)[C@@H](C)NC(=O)c1cc(C)c(C)c(S(N)(=O)=O)c1. The topological polar surface area (TPSA) is 89.3 Å². The molecule has 0 bridgehead atoms. The van der Waals surface area contributed by atoms with E-state index < -0.39 is 10.0 Å². The summed E-state index contributed by atoms with van der Waals surface area (Å²) < 4.78 is 23.2. The number of benzene rings is 1. The van der Waals surface area contributed by atoms with Crippen molar-refractivity contribution in [3.05, 3.63) is 28.8 Å². The minimum Gasteiger partial charge on any atom is -0.349 e. The molecule has 0 heterocycles. The van der Waals surface area contributed by atoms with Gasteiger partial charge in [0.2, 0.25) is 10.0 Å². The largest absolute Gasteiger partial charge is 0.349 e. The zero-order valence-corrected chi connectivity index (χ0v) is 14.0. The van der Waals surface area contributed by atoms with Gasteiger partial charge in [-0.2, -0.15) is 0 Å². The van der Waals surface area contributed by atoms with E-state index in [9.17, 15) is 13.2 Å². The van der Waals surface area contributed by atoms with Crippen LogP contribution in [0.5, 0.6) is 0 Å². The minimum atomic E-state index is -3.84. The fourth-order valence-corrected chi connectivity index (χ4v) is 2.92. The van der Waals surface area contributed by atoms with Crippen molar-refractivity contribution in [2.45, 2.75) is 52.0 Å². The van der Waals surface area contributed by atoms with Crippen LogP contribution in [-0.2, 0) is 10.0 Å². The van der Waals surface area contributed by atoms with Gasteiger partial charge in [0.25, 0.3) is 5.91 Å². The van der Waals surface area contributed by atoms with Gasteiger partial charge in [-0.05, 0) is 49.9 Å². The number of nitrogens with two attached hydrogens (primary N) is 1. The number of rotatable bonds is 5. The van der Waals surface area contributed by atoms with Crippen LogP contribution in [-0.4, -0.2) is 20.4 Å². The number of carbonyl (C=O) groups excluding carboxylic acids is 1. The third-order valence-electron chi connectivity index (χ3n) is 4.04. The molecule has 1 amide bonds. The average molecular weight is 312 g/mol. The van der Waals surface area contributed by atoms with Gasteiger partial charge >= 0.3 is 0 Å². The number of amides is 1. The van der Waals surface area contributed by atoms with Crippen LogP contribution in [0.1, 0.15) is 48.7 Å². The molecule has 0 saturated carbocycles. The molecule has 21 heavy (non-hydrogen) atoms. The molecule has 0 unspecified atom stereocenters. The molecule has 0 aromatic heterocycles. The van der Waals surface area contributed by atoms with Gasteiger partial charge in [-0.3, -0.25) is 4.79 Å².